The normalized spacial score (nSPS) is 10.5. The van der Waals surface area contributed by atoms with Crippen LogP contribution in [0.15, 0.2) is 36.4 Å². The van der Waals surface area contributed by atoms with Crippen molar-refractivity contribution < 1.29 is 10.2 Å². The molecule has 18 heavy (non-hydrogen) atoms. The topological polar surface area (TPSA) is 92.5 Å². The van der Waals surface area contributed by atoms with Crippen LogP contribution in [0.2, 0.25) is 0 Å². The fraction of sp³-hybridized carbons (Fsp3) is 0.143. The summed E-state index contributed by atoms with van der Waals surface area (Å²) in [5.74, 6) is 0.168. The van der Waals surface area contributed by atoms with Crippen LogP contribution in [0, 0.1) is 0 Å². The molecular weight excluding hydrogens is 228 g/mol. The zero-order valence-corrected chi connectivity index (χ0v) is 9.93. The number of hydrogen-bond donors (Lipinski definition) is 4. The lowest BCUT2D eigenvalue weighted by molar-refractivity contribution is 0.300. The summed E-state index contributed by atoms with van der Waals surface area (Å²) in [7, 11) is 0. The van der Waals surface area contributed by atoms with Gasteiger partial charge in [0.05, 0.1) is 0 Å². The van der Waals surface area contributed by atoms with E-state index in [4.69, 9.17) is 16.6 Å². The fourth-order valence-corrected chi connectivity index (χ4v) is 2.05. The summed E-state index contributed by atoms with van der Waals surface area (Å²) in [6, 6.07) is 10.4. The van der Waals surface area contributed by atoms with Crippen LogP contribution in [0.1, 0.15) is 5.56 Å². The van der Waals surface area contributed by atoms with Crippen molar-refractivity contribution in [1.82, 2.24) is 0 Å². The van der Waals surface area contributed by atoms with Crippen molar-refractivity contribution in [2.24, 2.45) is 0 Å². The number of hydrogen-bond acceptors (Lipinski definition) is 4. The highest BCUT2D eigenvalue weighted by molar-refractivity contribution is 5.80. The average molecular weight is 244 g/mol. The number of aromatic hydroxyl groups is 1. The molecule has 0 saturated heterocycles. The Morgan fingerprint density at radius 2 is 1.72 bits per heavy atom. The van der Waals surface area contributed by atoms with E-state index in [1.807, 2.05) is 6.07 Å². The minimum atomic E-state index is -0.00524. The highest BCUT2D eigenvalue weighted by atomic mass is 16.3. The van der Waals surface area contributed by atoms with Crippen LogP contribution in [-0.4, -0.2) is 16.8 Å². The van der Waals surface area contributed by atoms with Crippen molar-refractivity contribution in [1.29, 1.82) is 0 Å². The van der Waals surface area contributed by atoms with Crippen molar-refractivity contribution in [2.75, 3.05) is 18.1 Å². The largest absolute Gasteiger partial charge is 0.507 e. The van der Waals surface area contributed by atoms with Gasteiger partial charge in [0.25, 0.3) is 0 Å². The molecule has 2 aromatic rings. The Hall–Kier alpha value is -2.20. The van der Waals surface area contributed by atoms with Crippen molar-refractivity contribution in [2.45, 2.75) is 6.42 Å². The lowest BCUT2D eigenvalue weighted by Crippen LogP contribution is -2.02. The molecule has 0 aromatic heterocycles. The van der Waals surface area contributed by atoms with E-state index in [1.165, 1.54) is 0 Å². The Kier molecular flexibility index (Phi) is 3.39. The van der Waals surface area contributed by atoms with Crippen LogP contribution in [-0.2, 0) is 6.42 Å². The van der Waals surface area contributed by atoms with Crippen LogP contribution in [0.5, 0.6) is 5.75 Å². The van der Waals surface area contributed by atoms with Crippen molar-refractivity contribution in [3.8, 4) is 16.9 Å². The van der Waals surface area contributed by atoms with E-state index < -0.39 is 0 Å². The first-order chi connectivity index (χ1) is 8.63. The zero-order chi connectivity index (χ0) is 13.1. The molecule has 0 aliphatic carbocycles. The van der Waals surface area contributed by atoms with Gasteiger partial charge < -0.3 is 21.7 Å². The third kappa shape index (κ3) is 2.24. The lowest BCUT2D eigenvalue weighted by Gasteiger charge is -2.14. The van der Waals surface area contributed by atoms with E-state index in [-0.39, 0.29) is 12.4 Å². The number of nitrogens with two attached hydrogens (primary N) is 2. The molecule has 6 N–H and O–H groups in total. The van der Waals surface area contributed by atoms with Crippen LogP contribution < -0.4 is 11.5 Å². The molecule has 94 valence electrons. The highest BCUT2D eigenvalue weighted by Crippen LogP contribution is 2.35. The Labute approximate surface area is 105 Å². The molecule has 0 spiro atoms. The Morgan fingerprint density at radius 3 is 2.39 bits per heavy atom. The number of benzene rings is 2. The molecule has 0 atom stereocenters. The second-order valence-electron chi connectivity index (χ2n) is 4.13. The molecule has 0 aliphatic heterocycles. The fourth-order valence-electron chi connectivity index (χ4n) is 2.05. The molecule has 4 heteroatoms. The van der Waals surface area contributed by atoms with Crippen molar-refractivity contribution in [3.63, 3.8) is 0 Å². The molecule has 0 radical (unpaired) electrons. The molecule has 0 saturated carbocycles. The minimum Gasteiger partial charge on any atom is -0.507 e. The monoisotopic (exact) mass is 244 g/mol. The summed E-state index contributed by atoms with van der Waals surface area (Å²) < 4.78 is 0. The van der Waals surface area contributed by atoms with Crippen LogP contribution in [0.3, 0.4) is 0 Å². The molecule has 0 fully saturated rings. The summed E-state index contributed by atoms with van der Waals surface area (Å²) in [5.41, 5.74) is 15.0. The summed E-state index contributed by atoms with van der Waals surface area (Å²) in [6.07, 6.45) is 0.426. The maximum absolute atomic E-state index is 9.89. The molecule has 2 aromatic carbocycles. The molecule has 4 nitrogen and oxygen atoms in total. The van der Waals surface area contributed by atoms with Gasteiger partial charge in [0.1, 0.15) is 5.75 Å². The SMILES string of the molecule is Nc1cc(N)c(CCO)c(-c2ccccc2O)c1. The Morgan fingerprint density at radius 1 is 1.00 bits per heavy atom. The average Bonchev–Trinajstić information content (AvgIpc) is 2.33. The van der Waals surface area contributed by atoms with E-state index in [0.717, 1.165) is 11.1 Å². The molecule has 2 rings (SSSR count). The maximum Gasteiger partial charge on any atom is 0.123 e. The second-order valence-corrected chi connectivity index (χ2v) is 4.13. The number of anilines is 2. The molecule has 0 aliphatic rings. The molecule has 0 unspecified atom stereocenters. The minimum absolute atomic E-state index is 0.00524. The zero-order valence-electron chi connectivity index (χ0n) is 9.93. The van der Waals surface area contributed by atoms with Gasteiger partial charge >= 0.3 is 0 Å². The first-order valence-corrected chi connectivity index (χ1v) is 5.70. The smallest absolute Gasteiger partial charge is 0.123 e. The Balaban J connectivity index is 2.66. The summed E-state index contributed by atoms with van der Waals surface area (Å²) in [5, 5.41) is 19.0. The molecular formula is C14H16N2O2. The van der Waals surface area contributed by atoms with Crippen molar-refractivity contribution in [3.05, 3.63) is 42.0 Å². The highest BCUT2D eigenvalue weighted by Gasteiger charge is 2.12. The third-order valence-corrected chi connectivity index (χ3v) is 2.86. The first kappa shape index (κ1) is 12.3. The first-order valence-electron chi connectivity index (χ1n) is 5.70. The summed E-state index contributed by atoms with van der Waals surface area (Å²) >= 11 is 0. The van der Waals surface area contributed by atoms with Crippen molar-refractivity contribution >= 4 is 11.4 Å². The van der Waals surface area contributed by atoms with Gasteiger partial charge in [-0.1, -0.05) is 18.2 Å². The van der Waals surface area contributed by atoms with Gasteiger partial charge in [0.2, 0.25) is 0 Å². The number of phenols is 1. The van der Waals surface area contributed by atoms with Crippen LogP contribution in [0.4, 0.5) is 11.4 Å². The van der Waals surface area contributed by atoms with Crippen LogP contribution in [0.25, 0.3) is 11.1 Å². The molecule has 0 bridgehead atoms. The quantitative estimate of drug-likeness (QED) is 0.619. The van der Waals surface area contributed by atoms with Gasteiger partial charge in [-0.15, -0.1) is 0 Å². The number of para-hydroxylation sites is 1. The van der Waals surface area contributed by atoms with Gasteiger partial charge in [-0.05, 0) is 35.7 Å². The van der Waals surface area contributed by atoms with Crippen LogP contribution >= 0.6 is 0 Å². The van der Waals surface area contributed by atoms with E-state index in [0.29, 0.717) is 23.4 Å². The standard InChI is InChI=1S/C14H16N2O2/c15-9-7-12(10(5-6-17)13(16)8-9)11-3-1-2-4-14(11)18/h1-4,7-8,17-18H,5-6,15-16H2. The van der Waals surface area contributed by atoms with E-state index in [2.05, 4.69) is 0 Å². The van der Waals surface area contributed by atoms with Gasteiger partial charge in [-0.25, -0.2) is 0 Å². The van der Waals surface area contributed by atoms with E-state index >= 15 is 0 Å². The van der Waals surface area contributed by atoms with E-state index in [1.54, 1.807) is 30.3 Å². The van der Waals surface area contributed by atoms with Gasteiger partial charge in [-0.3, -0.25) is 0 Å². The number of aliphatic hydroxyl groups excluding tert-OH is 1. The maximum atomic E-state index is 9.89. The second kappa shape index (κ2) is 4.98. The predicted octanol–water partition coefficient (Wildman–Crippen LogP) is 1.76. The Bertz CT molecular complexity index is 568. The van der Waals surface area contributed by atoms with Gasteiger partial charge in [0.15, 0.2) is 0 Å². The third-order valence-electron chi connectivity index (χ3n) is 2.86. The number of rotatable bonds is 3. The predicted molar refractivity (Wildman–Crippen MR) is 73.2 cm³/mol. The van der Waals surface area contributed by atoms with E-state index in [9.17, 15) is 5.11 Å². The number of phenolic OH excluding ortho intramolecular Hbond substituents is 1. The number of nitrogen functional groups attached to an aromatic ring is 2. The summed E-state index contributed by atoms with van der Waals surface area (Å²) in [6.45, 7) is -0.00524. The molecule has 0 heterocycles. The van der Waals surface area contributed by atoms with Gasteiger partial charge in [0, 0.05) is 23.5 Å². The number of aliphatic hydroxyl groups is 1. The lowest BCUT2D eigenvalue weighted by atomic mass is 9.95. The summed E-state index contributed by atoms with van der Waals surface area (Å²) in [4.78, 5) is 0. The van der Waals surface area contributed by atoms with Gasteiger partial charge in [-0.2, -0.15) is 0 Å². The molecule has 0 amide bonds.